The lowest BCUT2D eigenvalue weighted by Gasteiger charge is -2.38. The van der Waals surface area contributed by atoms with Crippen LogP contribution in [-0.2, 0) is 16.0 Å². The van der Waals surface area contributed by atoms with Crippen molar-refractivity contribution >= 4 is 17.5 Å². The molecule has 2 aliphatic rings. The van der Waals surface area contributed by atoms with Gasteiger partial charge in [-0.25, -0.2) is 0 Å². The van der Waals surface area contributed by atoms with E-state index in [0.717, 1.165) is 25.0 Å². The van der Waals surface area contributed by atoms with Crippen LogP contribution in [-0.4, -0.2) is 59.1 Å². The van der Waals surface area contributed by atoms with Gasteiger partial charge in [-0.05, 0) is 24.5 Å². The van der Waals surface area contributed by atoms with Crippen molar-refractivity contribution in [2.75, 3.05) is 26.4 Å². The van der Waals surface area contributed by atoms with Crippen molar-refractivity contribution in [2.45, 2.75) is 31.5 Å². The molecule has 1 aromatic heterocycles. The molecule has 6 nitrogen and oxygen atoms in total. The molecule has 26 heavy (non-hydrogen) atoms. The first-order valence-electron chi connectivity index (χ1n) is 8.98. The average molecular weight is 376 g/mol. The van der Waals surface area contributed by atoms with Gasteiger partial charge < -0.3 is 14.4 Å². The number of hydrogen-bond acceptors (Lipinski definition) is 4. The summed E-state index contributed by atoms with van der Waals surface area (Å²) >= 11 is 6.21. The van der Waals surface area contributed by atoms with Gasteiger partial charge in [0.05, 0.1) is 43.7 Å². The molecular weight excluding hydrogens is 354 g/mol. The summed E-state index contributed by atoms with van der Waals surface area (Å²) in [5.74, 6) is -0.0146. The Kier molecular flexibility index (Phi) is 5.24. The molecule has 7 heteroatoms. The third-order valence-electron chi connectivity index (χ3n) is 4.99. The van der Waals surface area contributed by atoms with Gasteiger partial charge in [0.2, 0.25) is 0 Å². The van der Waals surface area contributed by atoms with Crippen LogP contribution in [0.15, 0.2) is 36.7 Å². The number of rotatable bonds is 4. The molecule has 3 heterocycles. The van der Waals surface area contributed by atoms with E-state index in [0.29, 0.717) is 36.9 Å². The molecule has 138 valence electrons. The molecule has 0 radical (unpaired) electrons. The maximum atomic E-state index is 13.0. The number of halogens is 1. The third kappa shape index (κ3) is 3.63. The lowest BCUT2D eigenvalue weighted by molar-refractivity contribution is -0.0530. The Labute approximate surface area is 157 Å². The first-order chi connectivity index (χ1) is 12.7. The van der Waals surface area contributed by atoms with E-state index in [1.54, 1.807) is 17.1 Å². The van der Waals surface area contributed by atoms with Gasteiger partial charge in [0.15, 0.2) is 0 Å². The molecule has 0 N–H and O–H groups in total. The topological polar surface area (TPSA) is 56.6 Å². The maximum absolute atomic E-state index is 13.0. The van der Waals surface area contributed by atoms with Crippen molar-refractivity contribution in [3.8, 4) is 0 Å². The van der Waals surface area contributed by atoms with Crippen LogP contribution >= 0.6 is 11.6 Å². The molecule has 4 rings (SSSR count). The zero-order valence-electron chi connectivity index (χ0n) is 14.5. The van der Waals surface area contributed by atoms with Gasteiger partial charge in [0.25, 0.3) is 5.91 Å². The summed E-state index contributed by atoms with van der Waals surface area (Å²) in [5, 5.41) is 5.04. The van der Waals surface area contributed by atoms with Crippen LogP contribution < -0.4 is 0 Å². The summed E-state index contributed by atoms with van der Waals surface area (Å²) in [6.07, 6.45) is 5.50. The molecular formula is C19H22ClN3O3. The molecule has 0 spiro atoms. The highest BCUT2D eigenvalue weighted by atomic mass is 35.5. The fourth-order valence-corrected chi connectivity index (χ4v) is 3.81. The summed E-state index contributed by atoms with van der Waals surface area (Å²) in [7, 11) is 0. The Morgan fingerprint density at radius 3 is 3.00 bits per heavy atom. The largest absolute Gasteiger partial charge is 0.377 e. The summed E-state index contributed by atoms with van der Waals surface area (Å²) in [6.45, 7) is 2.97. The van der Waals surface area contributed by atoms with Crippen LogP contribution in [0.5, 0.6) is 0 Å². The Morgan fingerprint density at radius 1 is 1.31 bits per heavy atom. The van der Waals surface area contributed by atoms with Crippen molar-refractivity contribution in [1.82, 2.24) is 14.7 Å². The summed E-state index contributed by atoms with van der Waals surface area (Å²) in [5.41, 5.74) is 1.56. The van der Waals surface area contributed by atoms with E-state index in [4.69, 9.17) is 21.1 Å². The Bertz CT molecular complexity index is 773. The Balaban J connectivity index is 1.49. The molecule has 2 aromatic rings. The summed E-state index contributed by atoms with van der Waals surface area (Å²) in [6, 6.07) is 7.63. The molecule has 2 aliphatic heterocycles. The normalized spacial score (nSPS) is 23.3. The van der Waals surface area contributed by atoms with E-state index in [2.05, 4.69) is 5.10 Å². The Morgan fingerprint density at radius 2 is 2.19 bits per heavy atom. The average Bonchev–Trinajstić information content (AvgIpc) is 3.35. The SMILES string of the molecule is O=C(c1cnn(Cc2ccccc2Cl)c1)N1CCOCC1C1CCCO1. The molecule has 1 aromatic carbocycles. The summed E-state index contributed by atoms with van der Waals surface area (Å²) in [4.78, 5) is 14.9. The van der Waals surface area contributed by atoms with Gasteiger partial charge in [-0.15, -0.1) is 0 Å². The Hall–Kier alpha value is -1.89. The number of nitrogens with zero attached hydrogens (tertiary/aromatic N) is 3. The third-order valence-corrected chi connectivity index (χ3v) is 5.36. The van der Waals surface area contributed by atoms with Crippen molar-refractivity contribution < 1.29 is 14.3 Å². The second-order valence-electron chi connectivity index (χ2n) is 6.71. The lowest BCUT2D eigenvalue weighted by Crippen LogP contribution is -2.54. The van der Waals surface area contributed by atoms with Crippen molar-refractivity contribution in [1.29, 1.82) is 0 Å². The molecule has 0 bridgehead atoms. The van der Waals surface area contributed by atoms with E-state index in [1.807, 2.05) is 29.2 Å². The standard InChI is InChI=1S/C19H22ClN3O3/c20-16-5-2-1-4-14(16)11-22-12-15(10-21-22)19(24)23-7-9-25-13-17(23)18-6-3-8-26-18/h1-2,4-5,10,12,17-18H,3,6-9,11,13H2. The fraction of sp³-hybridized carbons (Fsp3) is 0.474. The second-order valence-corrected chi connectivity index (χ2v) is 7.12. The molecule has 2 saturated heterocycles. The molecule has 0 aliphatic carbocycles. The first-order valence-corrected chi connectivity index (χ1v) is 9.36. The highest BCUT2D eigenvalue weighted by molar-refractivity contribution is 6.31. The van der Waals surface area contributed by atoms with Crippen LogP contribution in [0.3, 0.4) is 0 Å². The van der Waals surface area contributed by atoms with Crippen molar-refractivity contribution in [2.24, 2.45) is 0 Å². The minimum Gasteiger partial charge on any atom is -0.377 e. The van der Waals surface area contributed by atoms with Crippen molar-refractivity contribution in [3.05, 3.63) is 52.8 Å². The van der Waals surface area contributed by atoms with Crippen LogP contribution in [0, 0.1) is 0 Å². The van der Waals surface area contributed by atoms with Gasteiger partial charge in [-0.3, -0.25) is 9.48 Å². The molecule has 2 unspecified atom stereocenters. The van der Waals surface area contributed by atoms with Crippen LogP contribution in [0.2, 0.25) is 5.02 Å². The highest BCUT2D eigenvalue weighted by Gasteiger charge is 2.36. The lowest BCUT2D eigenvalue weighted by atomic mass is 10.0. The van der Waals surface area contributed by atoms with Crippen LogP contribution in [0.4, 0.5) is 0 Å². The van der Waals surface area contributed by atoms with Gasteiger partial charge in [-0.1, -0.05) is 29.8 Å². The van der Waals surface area contributed by atoms with Gasteiger partial charge >= 0.3 is 0 Å². The van der Waals surface area contributed by atoms with Crippen molar-refractivity contribution in [3.63, 3.8) is 0 Å². The first kappa shape index (κ1) is 17.5. The van der Waals surface area contributed by atoms with E-state index in [1.165, 1.54) is 0 Å². The fourth-order valence-electron chi connectivity index (χ4n) is 3.62. The monoisotopic (exact) mass is 375 g/mol. The van der Waals surface area contributed by atoms with E-state index in [-0.39, 0.29) is 18.1 Å². The van der Waals surface area contributed by atoms with E-state index < -0.39 is 0 Å². The number of morpholine rings is 1. The highest BCUT2D eigenvalue weighted by Crippen LogP contribution is 2.24. The predicted molar refractivity (Wildman–Crippen MR) is 97.4 cm³/mol. The van der Waals surface area contributed by atoms with Crippen LogP contribution in [0.1, 0.15) is 28.8 Å². The zero-order chi connectivity index (χ0) is 17.9. The number of aromatic nitrogens is 2. The number of benzene rings is 1. The van der Waals surface area contributed by atoms with Crippen LogP contribution in [0.25, 0.3) is 0 Å². The number of hydrogen-bond donors (Lipinski definition) is 0. The minimum atomic E-state index is -0.0225. The number of ether oxygens (including phenoxy) is 2. The smallest absolute Gasteiger partial charge is 0.257 e. The maximum Gasteiger partial charge on any atom is 0.257 e. The second kappa shape index (κ2) is 7.78. The number of carbonyl (C=O) groups is 1. The zero-order valence-corrected chi connectivity index (χ0v) is 15.3. The van der Waals surface area contributed by atoms with E-state index >= 15 is 0 Å². The quantitative estimate of drug-likeness (QED) is 0.824. The molecule has 2 fully saturated rings. The van der Waals surface area contributed by atoms with Gasteiger partial charge in [0, 0.05) is 24.4 Å². The molecule has 2 atom stereocenters. The molecule has 0 saturated carbocycles. The summed E-state index contributed by atoms with van der Waals surface area (Å²) < 4.78 is 13.1. The van der Waals surface area contributed by atoms with Gasteiger partial charge in [0.1, 0.15) is 0 Å². The van der Waals surface area contributed by atoms with Gasteiger partial charge in [-0.2, -0.15) is 5.10 Å². The van der Waals surface area contributed by atoms with E-state index in [9.17, 15) is 4.79 Å². The predicted octanol–water partition coefficient (Wildman–Crippen LogP) is 2.60. The number of carbonyl (C=O) groups excluding carboxylic acids is 1. The number of amides is 1. The molecule has 1 amide bonds. The minimum absolute atomic E-state index is 0.0146.